The van der Waals surface area contributed by atoms with Gasteiger partial charge in [0.1, 0.15) is 0 Å². The fourth-order valence-electron chi connectivity index (χ4n) is 3.25. The molecular weight excluding hydrogens is 308 g/mol. The number of thiazole rings is 1. The van der Waals surface area contributed by atoms with Crippen LogP contribution in [0.4, 0.5) is 5.13 Å². The van der Waals surface area contributed by atoms with Gasteiger partial charge in [0.15, 0.2) is 9.34 Å². The van der Waals surface area contributed by atoms with Crippen molar-refractivity contribution >= 4 is 26.5 Å². The van der Waals surface area contributed by atoms with Crippen molar-refractivity contribution in [3.05, 3.63) is 5.69 Å². The molecule has 2 aliphatic heterocycles. The van der Waals surface area contributed by atoms with Gasteiger partial charge in [-0.15, -0.1) is 0 Å². The van der Waals surface area contributed by atoms with Gasteiger partial charge in [0.05, 0.1) is 5.69 Å². The Hall–Kier alpha value is -0.700. The number of hydrogen-bond acceptors (Lipinski definition) is 6. The highest BCUT2D eigenvalue weighted by Crippen LogP contribution is 2.32. The molecular formula is C13H22N4O2S2. The van der Waals surface area contributed by atoms with Gasteiger partial charge in [-0.3, -0.25) is 0 Å². The number of rotatable bonds is 4. The van der Waals surface area contributed by atoms with E-state index in [2.05, 4.69) is 14.8 Å². The van der Waals surface area contributed by atoms with E-state index in [-0.39, 0.29) is 4.21 Å². The number of hydrogen-bond donors (Lipinski definition) is 1. The van der Waals surface area contributed by atoms with Crippen molar-refractivity contribution in [3.63, 3.8) is 0 Å². The standard InChI is InChI=1S/C13H22N4O2S2/c1-10-12(21(14,18)19)20-13(15-10)17-7-4-11(9-17)8-16-5-2-3-6-16/h11H,2-9H2,1H3,(H2,14,18,19). The Kier molecular flexibility index (Phi) is 4.22. The predicted molar refractivity (Wildman–Crippen MR) is 84.2 cm³/mol. The van der Waals surface area contributed by atoms with E-state index in [1.54, 1.807) is 6.92 Å². The Bertz CT molecular complexity index is 608. The monoisotopic (exact) mass is 330 g/mol. The molecule has 0 bridgehead atoms. The first-order chi connectivity index (χ1) is 9.93. The topological polar surface area (TPSA) is 79.5 Å². The van der Waals surface area contributed by atoms with Gasteiger partial charge in [-0.05, 0) is 45.2 Å². The molecule has 2 fully saturated rings. The number of nitrogens with zero attached hydrogens (tertiary/aromatic N) is 3. The Morgan fingerprint density at radius 2 is 2.05 bits per heavy atom. The van der Waals surface area contributed by atoms with Crippen LogP contribution in [0.5, 0.6) is 0 Å². The normalized spacial score (nSPS) is 24.1. The second-order valence-corrected chi connectivity index (χ2v) is 8.76. The Morgan fingerprint density at radius 3 is 2.67 bits per heavy atom. The molecule has 0 spiro atoms. The van der Waals surface area contributed by atoms with Crippen LogP contribution in [0.25, 0.3) is 0 Å². The van der Waals surface area contributed by atoms with Crippen LogP contribution in [0.1, 0.15) is 25.0 Å². The zero-order valence-corrected chi connectivity index (χ0v) is 13.9. The Morgan fingerprint density at radius 1 is 1.33 bits per heavy atom. The van der Waals surface area contributed by atoms with Crippen molar-refractivity contribution in [1.29, 1.82) is 0 Å². The third-order valence-corrected chi connectivity index (χ3v) is 7.04. The maximum Gasteiger partial charge on any atom is 0.249 e. The van der Waals surface area contributed by atoms with Gasteiger partial charge in [0.2, 0.25) is 10.0 Å². The number of anilines is 1. The molecule has 2 saturated heterocycles. The number of likely N-dealkylation sites (tertiary alicyclic amines) is 1. The van der Waals surface area contributed by atoms with Crippen LogP contribution in [0, 0.1) is 12.8 Å². The van der Waals surface area contributed by atoms with Crippen molar-refractivity contribution in [2.45, 2.75) is 30.4 Å². The van der Waals surface area contributed by atoms with E-state index in [1.165, 1.54) is 37.3 Å². The van der Waals surface area contributed by atoms with Gasteiger partial charge in [-0.2, -0.15) is 0 Å². The van der Waals surface area contributed by atoms with E-state index in [1.807, 2.05) is 0 Å². The van der Waals surface area contributed by atoms with Crippen LogP contribution < -0.4 is 10.0 Å². The van der Waals surface area contributed by atoms with Crippen LogP contribution in [0.15, 0.2) is 4.21 Å². The molecule has 21 heavy (non-hydrogen) atoms. The van der Waals surface area contributed by atoms with Crippen LogP contribution >= 0.6 is 11.3 Å². The summed E-state index contributed by atoms with van der Waals surface area (Å²) in [4.78, 5) is 9.14. The number of aromatic nitrogens is 1. The van der Waals surface area contributed by atoms with Crippen molar-refractivity contribution in [2.75, 3.05) is 37.6 Å². The molecule has 6 nitrogen and oxygen atoms in total. The second kappa shape index (κ2) is 5.83. The van der Waals surface area contributed by atoms with Crippen molar-refractivity contribution in [2.24, 2.45) is 11.1 Å². The van der Waals surface area contributed by atoms with E-state index in [0.717, 1.165) is 31.2 Å². The third kappa shape index (κ3) is 3.39. The minimum absolute atomic E-state index is 0.195. The van der Waals surface area contributed by atoms with E-state index in [0.29, 0.717) is 11.6 Å². The fraction of sp³-hybridized carbons (Fsp3) is 0.769. The maximum atomic E-state index is 11.5. The third-order valence-electron chi connectivity index (χ3n) is 4.27. The van der Waals surface area contributed by atoms with E-state index in [9.17, 15) is 8.42 Å². The molecule has 0 amide bonds. The summed E-state index contributed by atoms with van der Waals surface area (Å²) in [7, 11) is -3.65. The lowest BCUT2D eigenvalue weighted by Gasteiger charge is -2.20. The summed E-state index contributed by atoms with van der Waals surface area (Å²) < 4.78 is 23.2. The number of aryl methyl sites for hydroxylation is 1. The zero-order valence-electron chi connectivity index (χ0n) is 12.3. The lowest BCUT2D eigenvalue weighted by atomic mass is 10.1. The molecule has 118 valence electrons. The first-order valence-electron chi connectivity index (χ1n) is 7.41. The molecule has 3 heterocycles. The summed E-state index contributed by atoms with van der Waals surface area (Å²) in [6, 6.07) is 0. The number of sulfonamides is 1. The van der Waals surface area contributed by atoms with Gasteiger partial charge in [-0.1, -0.05) is 11.3 Å². The average molecular weight is 330 g/mol. The molecule has 1 aromatic heterocycles. The fourth-order valence-corrected chi connectivity index (χ4v) is 5.24. The quantitative estimate of drug-likeness (QED) is 0.892. The lowest BCUT2D eigenvalue weighted by Crippen LogP contribution is -2.28. The largest absolute Gasteiger partial charge is 0.348 e. The average Bonchev–Trinajstić information content (AvgIpc) is 3.08. The number of primary sulfonamides is 1. The van der Waals surface area contributed by atoms with E-state index >= 15 is 0 Å². The van der Waals surface area contributed by atoms with Gasteiger partial charge < -0.3 is 9.80 Å². The van der Waals surface area contributed by atoms with Crippen LogP contribution in [0.2, 0.25) is 0 Å². The van der Waals surface area contributed by atoms with Crippen LogP contribution in [0.3, 0.4) is 0 Å². The summed E-state index contributed by atoms with van der Waals surface area (Å²) in [5.74, 6) is 0.658. The highest BCUT2D eigenvalue weighted by Gasteiger charge is 2.28. The van der Waals surface area contributed by atoms with Crippen LogP contribution in [-0.4, -0.2) is 51.0 Å². The summed E-state index contributed by atoms with van der Waals surface area (Å²) in [6.45, 7) is 7.23. The minimum Gasteiger partial charge on any atom is -0.348 e. The van der Waals surface area contributed by atoms with Crippen molar-refractivity contribution in [3.8, 4) is 0 Å². The lowest BCUT2D eigenvalue weighted by molar-refractivity contribution is 0.289. The minimum atomic E-state index is -3.65. The molecule has 8 heteroatoms. The Balaban J connectivity index is 1.66. The van der Waals surface area contributed by atoms with Crippen LogP contribution in [-0.2, 0) is 10.0 Å². The first-order valence-corrected chi connectivity index (χ1v) is 9.77. The molecule has 0 saturated carbocycles. The van der Waals surface area contributed by atoms with Gasteiger partial charge in [-0.25, -0.2) is 18.5 Å². The second-order valence-electron chi connectivity index (χ2n) is 6.02. The summed E-state index contributed by atoms with van der Waals surface area (Å²) in [5, 5.41) is 6.02. The summed E-state index contributed by atoms with van der Waals surface area (Å²) in [5.41, 5.74) is 0.514. The first kappa shape index (κ1) is 15.2. The molecule has 3 rings (SSSR count). The molecule has 1 unspecified atom stereocenters. The van der Waals surface area contributed by atoms with E-state index < -0.39 is 10.0 Å². The Labute approximate surface area is 130 Å². The zero-order chi connectivity index (χ0) is 15.0. The highest BCUT2D eigenvalue weighted by atomic mass is 32.2. The van der Waals surface area contributed by atoms with Crippen molar-refractivity contribution < 1.29 is 8.42 Å². The van der Waals surface area contributed by atoms with Gasteiger partial charge in [0.25, 0.3) is 0 Å². The molecule has 0 aromatic carbocycles. The smallest absolute Gasteiger partial charge is 0.249 e. The molecule has 0 radical (unpaired) electrons. The maximum absolute atomic E-state index is 11.5. The highest BCUT2D eigenvalue weighted by molar-refractivity contribution is 7.91. The summed E-state index contributed by atoms with van der Waals surface area (Å²) in [6.07, 6.45) is 3.79. The molecule has 2 aliphatic rings. The summed E-state index contributed by atoms with van der Waals surface area (Å²) >= 11 is 1.20. The molecule has 0 aliphatic carbocycles. The molecule has 1 aromatic rings. The van der Waals surface area contributed by atoms with Gasteiger partial charge in [0, 0.05) is 19.6 Å². The molecule has 2 N–H and O–H groups in total. The predicted octanol–water partition coefficient (Wildman–Crippen LogP) is 1.02. The number of nitrogens with two attached hydrogens (primary N) is 1. The SMILES string of the molecule is Cc1nc(N2CCC(CN3CCCC3)C2)sc1S(N)(=O)=O. The molecule has 1 atom stereocenters. The van der Waals surface area contributed by atoms with Gasteiger partial charge >= 0.3 is 0 Å². The van der Waals surface area contributed by atoms with Crippen molar-refractivity contribution in [1.82, 2.24) is 9.88 Å². The van der Waals surface area contributed by atoms with E-state index in [4.69, 9.17) is 5.14 Å².